The number of carbonyl (C=O) groups is 2. The Balaban J connectivity index is 2.40. The lowest BCUT2D eigenvalue weighted by atomic mass is 9.75. The molecule has 0 aromatic heterocycles. The summed E-state index contributed by atoms with van der Waals surface area (Å²) in [6.07, 6.45) is 4.55. The highest BCUT2D eigenvalue weighted by molar-refractivity contribution is 5.76. The predicted molar refractivity (Wildman–Crippen MR) is 71.0 cm³/mol. The van der Waals surface area contributed by atoms with Crippen molar-refractivity contribution in [1.29, 1.82) is 0 Å². The van der Waals surface area contributed by atoms with Crippen molar-refractivity contribution >= 4 is 11.9 Å². The quantitative estimate of drug-likeness (QED) is 0.379. The van der Waals surface area contributed by atoms with Gasteiger partial charge in [0.15, 0.2) is 5.79 Å². The Hall–Kier alpha value is -1.14. The van der Waals surface area contributed by atoms with Gasteiger partial charge in [-0.25, -0.2) is 0 Å². The van der Waals surface area contributed by atoms with Crippen molar-refractivity contribution in [3.63, 3.8) is 0 Å². The van der Waals surface area contributed by atoms with Crippen LogP contribution in [0.4, 0.5) is 0 Å². The van der Waals surface area contributed by atoms with Crippen molar-refractivity contribution in [1.82, 2.24) is 0 Å². The predicted octanol–water partition coefficient (Wildman–Crippen LogP) is 1.74. The average Bonchev–Trinajstić information content (AvgIpc) is 2.84. The molecule has 1 saturated carbocycles. The molecule has 0 heterocycles. The van der Waals surface area contributed by atoms with Gasteiger partial charge < -0.3 is 20.4 Å². The molecule has 0 aromatic rings. The second kappa shape index (κ2) is 7.04. The Bertz CT molecular complexity index is 344. The Morgan fingerprint density at radius 3 is 2.00 bits per heavy atom. The van der Waals surface area contributed by atoms with E-state index in [4.69, 9.17) is 5.11 Å². The zero-order valence-electron chi connectivity index (χ0n) is 11.7. The highest BCUT2D eigenvalue weighted by atomic mass is 16.5. The highest BCUT2D eigenvalue weighted by Crippen LogP contribution is 2.47. The maximum atomic E-state index is 11.4. The van der Waals surface area contributed by atoms with Gasteiger partial charge in [0.2, 0.25) is 0 Å². The van der Waals surface area contributed by atoms with Gasteiger partial charge in [0.05, 0.1) is 0 Å². The van der Waals surface area contributed by atoms with Gasteiger partial charge in [0, 0.05) is 12.8 Å². The lowest BCUT2D eigenvalue weighted by molar-refractivity contribution is -0.249. The molecule has 1 aliphatic carbocycles. The Morgan fingerprint density at radius 1 is 0.950 bits per heavy atom. The number of carboxylic acid groups (broad SMARTS) is 2. The van der Waals surface area contributed by atoms with Crippen molar-refractivity contribution in [3.05, 3.63) is 0 Å². The number of aliphatic hydroxyl groups is 2. The maximum absolute atomic E-state index is 11.4. The smallest absolute Gasteiger partial charge is 0.315 e. The van der Waals surface area contributed by atoms with Crippen LogP contribution in [0.1, 0.15) is 64.2 Å². The minimum atomic E-state index is -2.18. The molecule has 1 aliphatic rings. The van der Waals surface area contributed by atoms with Crippen molar-refractivity contribution < 1.29 is 30.0 Å². The fourth-order valence-electron chi connectivity index (χ4n) is 3.00. The second-order valence-corrected chi connectivity index (χ2v) is 5.72. The number of hydrogen-bond donors (Lipinski definition) is 4. The van der Waals surface area contributed by atoms with Crippen LogP contribution in [0.2, 0.25) is 0 Å². The Labute approximate surface area is 118 Å². The van der Waals surface area contributed by atoms with Gasteiger partial charge in [-0.2, -0.15) is 0 Å². The molecule has 0 atom stereocenters. The minimum Gasteiger partial charge on any atom is -0.481 e. The number of unbranched alkanes of at least 4 members (excludes halogenated alkanes) is 3. The van der Waals surface area contributed by atoms with Crippen LogP contribution in [0, 0.1) is 5.41 Å². The molecule has 0 saturated heterocycles. The van der Waals surface area contributed by atoms with Gasteiger partial charge in [-0.1, -0.05) is 25.7 Å². The number of aliphatic carboxylic acids is 2. The van der Waals surface area contributed by atoms with Gasteiger partial charge in [-0.15, -0.1) is 0 Å². The van der Waals surface area contributed by atoms with E-state index in [1.807, 2.05) is 0 Å². The molecule has 1 fully saturated rings. The van der Waals surface area contributed by atoms with E-state index >= 15 is 0 Å². The molecule has 1 rings (SSSR count). The molecular formula is C14H24O6. The monoisotopic (exact) mass is 288 g/mol. The molecule has 4 N–H and O–H groups in total. The first kappa shape index (κ1) is 16.9. The van der Waals surface area contributed by atoms with Crippen LogP contribution in [0.25, 0.3) is 0 Å². The summed E-state index contributed by atoms with van der Waals surface area (Å²) in [5.74, 6) is -4.15. The van der Waals surface area contributed by atoms with E-state index < -0.39 is 23.1 Å². The van der Waals surface area contributed by atoms with Crippen molar-refractivity contribution in [2.75, 3.05) is 0 Å². The SMILES string of the molecule is O=C(O)CCCCCCC(O)(O)C1(C(=O)O)CCCC1. The molecule has 0 amide bonds. The third-order valence-corrected chi connectivity index (χ3v) is 4.30. The largest absolute Gasteiger partial charge is 0.481 e. The van der Waals surface area contributed by atoms with Crippen LogP contribution in [0.5, 0.6) is 0 Å². The second-order valence-electron chi connectivity index (χ2n) is 5.72. The van der Waals surface area contributed by atoms with E-state index in [2.05, 4.69) is 0 Å². The molecule has 116 valence electrons. The Kier molecular flexibility index (Phi) is 5.95. The van der Waals surface area contributed by atoms with E-state index in [9.17, 15) is 24.9 Å². The third kappa shape index (κ3) is 3.93. The number of rotatable bonds is 9. The van der Waals surface area contributed by atoms with Crippen LogP contribution in [-0.4, -0.2) is 38.2 Å². The summed E-state index contributed by atoms with van der Waals surface area (Å²) >= 11 is 0. The summed E-state index contributed by atoms with van der Waals surface area (Å²) in [7, 11) is 0. The summed E-state index contributed by atoms with van der Waals surface area (Å²) in [4.78, 5) is 21.7. The zero-order valence-corrected chi connectivity index (χ0v) is 11.7. The minimum absolute atomic E-state index is 0.0202. The lowest BCUT2D eigenvalue weighted by Crippen LogP contribution is -2.51. The van der Waals surface area contributed by atoms with Gasteiger partial charge in [-0.3, -0.25) is 9.59 Å². The van der Waals surface area contributed by atoms with Crippen molar-refractivity contribution in [3.8, 4) is 0 Å². The van der Waals surface area contributed by atoms with E-state index in [1.165, 1.54) is 0 Å². The molecule has 6 nitrogen and oxygen atoms in total. The molecule has 0 spiro atoms. The number of carboxylic acids is 2. The van der Waals surface area contributed by atoms with Crippen molar-refractivity contribution in [2.45, 2.75) is 70.0 Å². The first-order chi connectivity index (χ1) is 9.32. The standard InChI is InChI=1S/C14H24O6/c15-11(16)7-3-1-2-4-10-14(19,20)13(12(17)18)8-5-6-9-13/h19-20H,1-10H2,(H,15,16)(H,17,18). The van der Waals surface area contributed by atoms with Crippen LogP contribution in [0.15, 0.2) is 0 Å². The molecule has 0 aromatic carbocycles. The average molecular weight is 288 g/mol. The fourth-order valence-corrected chi connectivity index (χ4v) is 3.00. The summed E-state index contributed by atoms with van der Waals surface area (Å²) in [5, 5.41) is 38.1. The van der Waals surface area contributed by atoms with Gasteiger partial charge in [-0.05, 0) is 25.7 Å². The normalized spacial score (nSPS) is 18.1. The van der Waals surface area contributed by atoms with E-state index in [-0.39, 0.29) is 12.8 Å². The van der Waals surface area contributed by atoms with Gasteiger partial charge >= 0.3 is 11.9 Å². The topological polar surface area (TPSA) is 115 Å². The van der Waals surface area contributed by atoms with Gasteiger partial charge in [0.25, 0.3) is 0 Å². The maximum Gasteiger partial charge on any atom is 0.315 e. The summed E-state index contributed by atoms with van der Waals surface area (Å²) in [5.41, 5.74) is -1.44. The lowest BCUT2D eigenvalue weighted by Gasteiger charge is -2.37. The molecule has 0 bridgehead atoms. The van der Waals surface area contributed by atoms with Crippen LogP contribution in [-0.2, 0) is 9.59 Å². The van der Waals surface area contributed by atoms with E-state index in [0.717, 1.165) is 0 Å². The first-order valence-electron chi connectivity index (χ1n) is 7.22. The molecule has 6 heteroatoms. The van der Waals surface area contributed by atoms with E-state index in [0.29, 0.717) is 51.4 Å². The third-order valence-electron chi connectivity index (χ3n) is 4.30. The zero-order chi connectivity index (χ0) is 15.2. The van der Waals surface area contributed by atoms with Crippen LogP contribution in [0.3, 0.4) is 0 Å². The van der Waals surface area contributed by atoms with Crippen LogP contribution < -0.4 is 0 Å². The Morgan fingerprint density at radius 2 is 1.50 bits per heavy atom. The fraction of sp³-hybridized carbons (Fsp3) is 0.857. The number of hydrogen-bond acceptors (Lipinski definition) is 4. The highest BCUT2D eigenvalue weighted by Gasteiger charge is 2.56. The molecule has 0 unspecified atom stereocenters. The summed E-state index contributed by atoms with van der Waals surface area (Å²) in [6.45, 7) is 0. The first-order valence-corrected chi connectivity index (χ1v) is 7.22. The molecule has 20 heavy (non-hydrogen) atoms. The summed E-state index contributed by atoms with van der Waals surface area (Å²) < 4.78 is 0. The molecule has 0 radical (unpaired) electrons. The van der Waals surface area contributed by atoms with E-state index in [1.54, 1.807) is 0 Å². The molecule has 0 aliphatic heterocycles. The summed E-state index contributed by atoms with van der Waals surface area (Å²) in [6, 6.07) is 0. The van der Waals surface area contributed by atoms with Gasteiger partial charge in [0.1, 0.15) is 5.41 Å². The van der Waals surface area contributed by atoms with Crippen LogP contribution >= 0.6 is 0 Å². The van der Waals surface area contributed by atoms with Crippen molar-refractivity contribution in [2.24, 2.45) is 5.41 Å². The molecular weight excluding hydrogens is 264 g/mol.